The molecule has 0 unspecified atom stereocenters. The van der Waals surface area contributed by atoms with Gasteiger partial charge in [-0.3, -0.25) is 0 Å². The molecular formula is C16H25NO2. The number of ether oxygens (including phenoxy) is 1. The number of hydrogen-bond acceptors (Lipinski definition) is 3. The summed E-state index contributed by atoms with van der Waals surface area (Å²) in [5, 5.41) is 10.0. The van der Waals surface area contributed by atoms with Crippen molar-refractivity contribution in [3.05, 3.63) is 29.3 Å². The molecule has 0 bridgehead atoms. The number of likely N-dealkylation sites (tertiary alicyclic amines) is 1. The van der Waals surface area contributed by atoms with Crippen molar-refractivity contribution in [2.75, 3.05) is 26.2 Å². The van der Waals surface area contributed by atoms with Crippen LogP contribution in [0.3, 0.4) is 0 Å². The van der Waals surface area contributed by atoms with E-state index in [0.717, 1.165) is 30.9 Å². The van der Waals surface area contributed by atoms with Crippen molar-refractivity contribution in [2.45, 2.75) is 39.2 Å². The molecule has 0 spiro atoms. The molecule has 1 heterocycles. The van der Waals surface area contributed by atoms with Crippen molar-refractivity contribution in [3.8, 4) is 5.75 Å². The number of piperidine rings is 1. The van der Waals surface area contributed by atoms with Crippen molar-refractivity contribution < 1.29 is 9.84 Å². The third-order valence-corrected chi connectivity index (χ3v) is 3.68. The Morgan fingerprint density at radius 1 is 1.21 bits per heavy atom. The van der Waals surface area contributed by atoms with E-state index in [9.17, 15) is 5.11 Å². The lowest BCUT2D eigenvalue weighted by atomic mass is 10.1. The van der Waals surface area contributed by atoms with Gasteiger partial charge in [0.1, 0.15) is 18.5 Å². The Hall–Kier alpha value is -1.06. The van der Waals surface area contributed by atoms with Crippen molar-refractivity contribution in [1.82, 2.24) is 4.90 Å². The molecule has 1 atom stereocenters. The largest absolute Gasteiger partial charge is 0.491 e. The van der Waals surface area contributed by atoms with E-state index in [0.29, 0.717) is 6.61 Å². The van der Waals surface area contributed by atoms with E-state index < -0.39 is 6.10 Å². The molecule has 0 aliphatic carbocycles. The van der Waals surface area contributed by atoms with Crippen LogP contribution in [0, 0.1) is 13.8 Å². The highest BCUT2D eigenvalue weighted by atomic mass is 16.5. The second kappa shape index (κ2) is 6.92. The number of rotatable bonds is 5. The monoisotopic (exact) mass is 263 g/mol. The first-order chi connectivity index (χ1) is 9.15. The van der Waals surface area contributed by atoms with Crippen LogP contribution in [0.2, 0.25) is 0 Å². The summed E-state index contributed by atoms with van der Waals surface area (Å²) in [6, 6.07) is 6.13. The Balaban J connectivity index is 1.77. The molecule has 3 heteroatoms. The highest BCUT2D eigenvalue weighted by Gasteiger charge is 2.15. The summed E-state index contributed by atoms with van der Waals surface area (Å²) < 4.78 is 5.72. The molecule has 2 rings (SSSR count). The van der Waals surface area contributed by atoms with Crippen molar-refractivity contribution in [1.29, 1.82) is 0 Å². The van der Waals surface area contributed by atoms with Gasteiger partial charge in [0, 0.05) is 6.54 Å². The first-order valence-corrected chi connectivity index (χ1v) is 7.25. The summed E-state index contributed by atoms with van der Waals surface area (Å²) in [6.07, 6.45) is 3.43. The van der Waals surface area contributed by atoms with Crippen LogP contribution in [0.4, 0.5) is 0 Å². The van der Waals surface area contributed by atoms with Gasteiger partial charge in [-0.2, -0.15) is 0 Å². The number of benzene rings is 1. The van der Waals surface area contributed by atoms with Gasteiger partial charge in [-0.05, 0) is 51.4 Å². The van der Waals surface area contributed by atoms with Crippen LogP contribution in [0.5, 0.6) is 5.75 Å². The molecule has 106 valence electrons. The summed E-state index contributed by atoms with van der Waals surface area (Å²) in [4.78, 5) is 2.33. The fourth-order valence-corrected chi connectivity index (χ4v) is 2.64. The second-order valence-electron chi connectivity index (χ2n) is 5.60. The van der Waals surface area contributed by atoms with E-state index in [1.54, 1.807) is 0 Å². The molecule has 0 radical (unpaired) electrons. The predicted octanol–water partition coefficient (Wildman–Crippen LogP) is 2.53. The maximum atomic E-state index is 10.0. The number of hydrogen-bond donors (Lipinski definition) is 1. The Bertz CT molecular complexity index is 400. The van der Waals surface area contributed by atoms with E-state index in [4.69, 9.17) is 4.74 Å². The van der Waals surface area contributed by atoms with Crippen LogP contribution in [0.15, 0.2) is 18.2 Å². The summed E-state index contributed by atoms with van der Waals surface area (Å²) in [5.74, 6) is 0.878. The number of aryl methyl sites for hydroxylation is 2. The number of aliphatic hydroxyl groups is 1. The minimum Gasteiger partial charge on any atom is -0.491 e. The average Bonchev–Trinajstić information content (AvgIpc) is 2.39. The van der Waals surface area contributed by atoms with Gasteiger partial charge in [-0.25, -0.2) is 0 Å². The lowest BCUT2D eigenvalue weighted by Crippen LogP contribution is -2.38. The third-order valence-electron chi connectivity index (χ3n) is 3.68. The van der Waals surface area contributed by atoms with Gasteiger partial charge in [0.25, 0.3) is 0 Å². The van der Waals surface area contributed by atoms with E-state index in [2.05, 4.69) is 17.9 Å². The molecule has 1 aliphatic rings. The SMILES string of the molecule is Cc1ccc(OC[C@@H](O)CN2CCCCC2)c(C)c1. The molecule has 0 amide bonds. The van der Waals surface area contributed by atoms with Crippen LogP contribution in [0.1, 0.15) is 30.4 Å². The molecular weight excluding hydrogens is 238 g/mol. The molecule has 1 aliphatic heterocycles. The predicted molar refractivity (Wildman–Crippen MR) is 77.7 cm³/mol. The van der Waals surface area contributed by atoms with Crippen molar-refractivity contribution in [2.24, 2.45) is 0 Å². The summed E-state index contributed by atoms with van der Waals surface area (Å²) in [7, 11) is 0. The van der Waals surface area contributed by atoms with E-state index >= 15 is 0 Å². The van der Waals surface area contributed by atoms with Gasteiger partial charge in [-0.15, -0.1) is 0 Å². The van der Waals surface area contributed by atoms with Gasteiger partial charge in [0.05, 0.1) is 0 Å². The number of aliphatic hydroxyl groups excluding tert-OH is 1. The Morgan fingerprint density at radius 3 is 2.63 bits per heavy atom. The Kier molecular flexibility index (Phi) is 5.23. The van der Waals surface area contributed by atoms with E-state index in [1.165, 1.54) is 24.8 Å². The minimum absolute atomic E-state index is 0.375. The quantitative estimate of drug-likeness (QED) is 0.886. The Morgan fingerprint density at radius 2 is 1.95 bits per heavy atom. The molecule has 19 heavy (non-hydrogen) atoms. The minimum atomic E-state index is -0.404. The fourth-order valence-electron chi connectivity index (χ4n) is 2.64. The average molecular weight is 263 g/mol. The first kappa shape index (κ1) is 14.4. The topological polar surface area (TPSA) is 32.7 Å². The normalized spacial score (nSPS) is 18.3. The smallest absolute Gasteiger partial charge is 0.122 e. The van der Waals surface area contributed by atoms with E-state index in [1.807, 2.05) is 19.1 Å². The molecule has 1 aromatic carbocycles. The second-order valence-corrected chi connectivity index (χ2v) is 5.60. The zero-order valence-electron chi connectivity index (χ0n) is 12.1. The summed E-state index contributed by atoms with van der Waals surface area (Å²) in [5.41, 5.74) is 2.36. The zero-order valence-corrected chi connectivity index (χ0v) is 12.1. The van der Waals surface area contributed by atoms with Crippen LogP contribution < -0.4 is 4.74 Å². The highest BCUT2D eigenvalue weighted by molar-refractivity contribution is 5.35. The van der Waals surface area contributed by atoms with Crippen LogP contribution in [0.25, 0.3) is 0 Å². The molecule has 0 aromatic heterocycles. The van der Waals surface area contributed by atoms with Gasteiger partial charge in [0.15, 0.2) is 0 Å². The molecule has 1 aromatic rings. The third kappa shape index (κ3) is 4.51. The molecule has 1 fully saturated rings. The molecule has 1 N–H and O–H groups in total. The van der Waals surface area contributed by atoms with Crippen LogP contribution in [-0.4, -0.2) is 42.4 Å². The summed E-state index contributed by atoms with van der Waals surface area (Å²) >= 11 is 0. The zero-order chi connectivity index (χ0) is 13.7. The van der Waals surface area contributed by atoms with Gasteiger partial charge in [0.2, 0.25) is 0 Å². The van der Waals surface area contributed by atoms with Gasteiger partial charge < -0.3 is 14.7 Å². The number of nitrogens with zero attached hydrogens (tertiary/aromatic N) is 1. The maximum Gasteiger partial charge on any atom is 0.122 e. The Labute approximate surface area is 116 Å². The van der Waals surface area contributed by atoms with Crippen LogP contribution in [-0.2, 0) is 0 Å². The van der Waals surface area contributed by atoms with Gasteiger partial charge >= 0.3 is 0 Å². The lowest BCUT2D eigenvalue weighted by Gasteiger charge is -2.28. The molecule has 3 nitrogen and oxygen atoms in total. The van der Waals surface area contributed by atoms with Crippen molar-refractivity contribution >= 4 is 0 Å². The van der Waals surface area contributed by atoms with E-state index in [-0.39, 0.29) is 0 Å². The van der Waals surface area contributed by atoms with Crippen molar-refractivity contribution in [3.63, 3.8) is 0 Å². The fraction of sp³-hybridized carbons (Fsp3) is 0.625. The molecule has 1 saturated heterocycles. The molecule has 0 saturated carbocycles. The van der Waals surface area contributed by atoms with Gasteiger partial charge in [-0.1, -0.05) is 24.1 Å². The first-order valence-electron chi connectivity index (χ1n) is 7.25. The number of β-amino-alcohol motifs (C(OH)–C–C–N with tert-alkyl or cyclic N) is 1. The summed E-state index contributed by atoms with van der Waals surface area (Å²) in [6.45, 7) is 7.44. The van der Waals surface area contributed by atoms with Crippen LogP contribution >= 0.6 is 0 Å². The standard InChI is InChI=1S/C16H25NO2/c1-13-6-7-16(14(2)10-13)19-12-15(18)11-17-8-4-3-5-9-17/h6-7,10,15,18H,3-5,8-9,11-12H2,1-2H3/t15-/m0/s1. The lowest BCUT2D eigenvalue weighted by molar-refractivity contribution is 0.0615. The highest BCUT2D eigenvalue weighted by Crippen LogP contribution is 2.19. The maximum absolute atomic E-state index is 10.0.